The van der Waals surface area contributed by atoms with Crippen molar-refractivity contribution in [2.24, 2.45) is 0 Å². The fourth-order valence-electron chi connectivity index (χ4n) is 1.96. The smallest absolute Gasteiger partial charge is 0.124 e. The van der Waals surface area contributed by atoms with E-state index in [0.29, 0.717) is 6.61 Å². The molecule has 18 heavy (non-hydrogen) atoms. The highest BCUT2D eigenvalue weighted by Gasteiger charge is 2.14. The second-order valence-electron chi connectivity index (χ2n) is 4.43. The molecule has 0 N–H and O–H groups in total. The van der Waals surface area contributed by atoms with Crippen LogP contribution in [0.15, 0.2) is 22.7 Å². The monoisotopic (exact) mass is 332 g/mol. The molecule has 1 aromatic rings. The van der Waals surface area contributed by atoms with Crippen molar-refractivity contribution in [3.8, 4) is 5.75 Å². The summed E-state index contributed by atoms with van der Waals surface area (Å²) in [5.41, 5.74) is 1.10. The number of hydrogen-bond acceptors (Lipinski definition) is 1. The molecule has 0 aliphatic carbocycles. The predicted octanol–water partition coefficient (Wildman–Crippen LogP) is 6.10. The minimum absolute atomic E-state index is 0.0425. The van der Waals surface area contributed by atoms with Crippen LogP contribution in [0, 0.1) is 0 Å². The van der Waals surface area contributed by atoms with Crippen molar-refractivity contribution in [1.29, 1.82) is 0 Å². The Morgan fingerprint density at radius 2 is 2.00 bits per heavy atom. The van der Waals surface area contributed by atoms with Crippen LogP contribution in [-0.4, -0.2) is 6.61 Å². The van der Waals surface area contributed by atoms with Gasteiger partial charge in [-0.3, -0.25) is 0 Å². The molecule has 1 unspecified atom stereocenters. The summed E-state index contributed by atoms with van der Waals surface area (Å²) in [6, 6.07) is 6.06. The molecule has 102 valence electrons. The highest BCUT2D eigenvalue weighted by Crippen LogP contribution is 2.35. The summed E-state index contributed by atoms with van der Waals surface area (Å²) in [6.45, 7) is 4.89. The van der Waals surface area contributed by atoms with Gasteiger partial charge >= 0.3 is 0 Å². The average Bonchev–Trinajstić information content (AvgIpc) is 2.37. The SMILES string of the molecule is CCCCCCC(Cl)c1cc(Br)ccc1OCC. The van der Waals surface area contributed by atoms with E-state index in [4.69, 9.17) is 16.3 Å². The van der Waals surface area contributed by atoms with E-state index in [1.54, 1.807) is 0 Å². The quantitative estimate of drug-likeness (QED) is 0.412. The summed E-state index contributed by atoms with van der Waals surface area (Å²) in [5.74, 6) is 0.913. The van der Waals surface area contributed by atoms with Crippen LogP contribution in [0.1, 0.15) is 56.9 Å². The Kier molecular flexibility index (Phi) is 7.76. The molecule has 0 radical (unpaired) electrons. The van der Waals surface area contributed by atoms with Crippen LogP contribution in [0.3, 0.4) is 0 Å². The molecule has 0 fully saturated rings. The molecule has 0 aliphatic rings. The third kappa shape index (κ3) is 5.19. The van der Waals surface area contributed by atoms with Crippen LogP contribution in [0.4, 0.5) is 0 Å². The van der Waals surface area contributed by atoms with E-state index in [0.717, 1.165) is 22.2 Å². The van der Waals surface area contributed by atoms with Gasteiger partial charge in [0.1, 0.15) is 5.75 Å². The van der Waals surface area contributed by atoms with E-state index in [-0.39, 0.29) is 5.38 Å². The Bertz CT molecular complexity index is 354. The first-order chi connectivity index (χ1) is 8.69. The Balaban J connectivity index is 2.64. The average molecular weight is 334 g/mol. The molecule has 3 heteroatoms. The third-order valence-electron chi connectivity index (χ3n) is 2.92. The molecule has 0 saturated heterocycles. The van der Waals surface area contributed by atoms with Gasteiger partial charge < -0.3 is 4.74 Å². The molecule has 0 amide bonds. The maximum atomic E-state index is 6.50. The number of benzene rings is 1. The van der Waals surface area contributed by atoms with Crippen LogP contribution in [0.25, 0.3) is 0 Å². The normalized spacial score (nSPS) is 12.4. The lowest BCUT2D eigenvalue weighted by Gasteiger charge is -2.15. The summed E-state index contributed by atoms with van der Waals surface area (Å²) >= 11 is 9.99. The highest BCUT2D eigenvalue weighted by molar-refractivity contribution is 9.10. The predicted molar refractivity (Wildman–Crippen MR) is 82.7 cm³/mol. The summed E-state index contributed by atoms with van der Waals surface area (Å²) in [7, 11) is 0. The van der Waals surface area contributed by atoms with Crippen LogP contribution in [0.5, 0.6) is 5.75 Å². The molecular formula is C15H22BrClO. The van der Waals surface area contributed by atoms with Gasteiger partial charge in [0.15, 0.2) is 0 Å². The molecule has 0 saturated carbocycles. The van der Waals surface area contributed by atoms with E-state index in [1.165, 1.54) is 25.7 Å². The van der Waals surface area contributed by atoms with Crippen molar-refractivity contribution >= 4 is 27.5 Å². The first kappa shape index (κ1) is 15.8. The molecule has 1 atom stereocenters. The Hall–Kier alpha value is -0.210. The van der Waals surface area contributed by atoms with E-state index >= 15 is 0 Å². The van der Waals surface area contributed by atoms with Gasteiger partial charge in [0.2, 0.25) is 0 Å². The molecule has 0 spiro atoms. The Labute approximate surface area is 124 Å². The molecule has 0 bridgehead atoms. The van der Waals surface area contributed by atoms with Crippen LogP contribution < -0.4 is 4.74 Å². The topological polar surface area (TPSA) is 9.23 Å². The van der Waals surface area contributed by atoms with Crippen molar-refractivity contribution in [2.45, 2.75) is 51.3 Å². The molecule has 0 aromatic heterocycles. The number of halogens is 2. The minimum atomic E-state index is 0.0425. The van der Waals surface area contributed by atoms with Gasteiger partial charge in [0.05, 0.1) is 12.0 Å². The van der Waals surface area contributed by atoms with Gasteiger partial charge in [-0.2, -0.15) is 0 Å². The zero-order chi connectivity index (χ0) is 13.4. The second-order valence-corrected chi connectivity index (χ2v) is 5.87. The van der Waals surface area contributed by atoms with Gasteiger partial charge in [0.25, 0.3) is 0 Å². The summed E-state index contributed by atoms with van der Waals surface area (Å²) < 4.78 is 6.69. The first-order valence-electron chi connectivity index (χ1n) is 6.75. The van der Waals surface area contributed by atoms with Crippen molar-refractivity contribution in [3.63, 3.8) is 0 Å². The lowest BCUT2D eigenvalue weighted by molar-refractivity contribution is 0.335. The largest absolute Gasteiger partial charge is 0.494 e. The minimum Gasteiger partial charge on any atom is -0.494 e. The maximum Gasteiger partial charge on any atom is 0.124 e. The third-order valence-corrected chi connectivity index (χ3v) is 3.87. The molecule has 1 nitrogen and oxygen atoms in total. The standard InChI is InChI=1S/C15H22BrClO/c1-3-5-6-7-8-14(17)13-11-12(16)9-10-15(13)18-4-2/h9-11,14H,3-8H2,1-2H3. The Morgan fingerprint density at radius 1 is 1.22 bits per heavy atom. The fourth-order valence-corrected chi connectivity index (χ4v) is 2.66. The van der Waals surface area contributed by atoms with Gasteiger partial charge in [0, 0.05) is 10.0 Å². The van der Waals surface area contributed by atoms with Crippen LogP contribution >= 0.6 is 27.5 Å². The van der Waals surface area contributed by atoms with Gasteiger partial charge in [-0.15, -0.1) is 11.6 Å². The Morgan fingerprint density at radius 3 is 2.67 bits per heavy atom. The van der Waals surface area contributed by atoms with Gasteiger partial charge in [-0.25, -0.2) is 0 Å². The summed E-state index contributed by atoms with van der Waals surface area (Å²) in [6.07, 6.45) is 6.00. The van der Waals surface area contributed by atoms with Crippen molar-refractivity contribution in [3.05, 3.63) is 28.2 Å². The zero-order valence-electron chi connectivity index (χ0n) is 11.2. The van der Waals surface area contributed by atoms with E-state index in [2.05, 4.69) is 28.9 Å². The number of ether oxygens (including phenoxy) is 1. The molecule has 0 heterocycles. The zero-order valence-corrected chi connectivity index (χ0v) is 13.6. The number of hydrogen-bond donors (Lipinski definition) is 0. The molecule has 0 aliphatic heterocycles. The van der Waals surface area contributed by atoms with E-state index in [1.807, 2.05) is 19.1 Å². The van der Waals surface area contributed by atoms with Crippen LogP contribution in [0.2, 0.25) is 0 Å². The van der Waals surface area contributed by atoms with Gasteiger partial charge in [-0.1, -0.05) is 48.5 Å². The van der Waals surface area contributed by atoms with Crippen LogP contribution in [-0.2, 0) is 0 Å². The lowest BCUT2D eigenvalue weighted by atomic mass is 10.0. The number of rotatable bonds is 8. The van der Waals surface area contributed by atoms with Crippen molar-refractivity contribution in [2.75, 3.05) is 6.61 Å². The molecule has 1 rings (SSSR count). The number of unbranched alkanes of at least 4 members (excludes halogenated alkanes) is 3. The van der Waals surface area contributed by atoms with E-state index < -0.39 is 0 Å². The highest BCUT2D eigenvalue weighted by atomic mass is 79.9. The summed E-state index contributed by atoms with van der Waals surface area (Å²) in [4.78, 5) is 0. The molecule has 1 aromatic carbocycles. The fraction of sp³-hybridized carbons (Fsp3) is 0.600. The summed E-state index contributed by atoms with van der Waals surface area (Å²) in [5, 5.41) is 0.0425. The first-order valence-corrected chi connectivity index (χ1v) is 7.98. The van der Waals surface area contributed by atoms with Crippen molar-refractivity contribution in [1.82, 2.24) is 0 Å². The second kappa shape index (κ2) is 8.82. The lowest BCUT2D eigenvalue weighted by Crippen LogP contribution is -1.99. The maximum absolute atomic E-state index is 6.50. The van der Waals surface area contributed by atoms with Crippen molar-refractivity contribution < 1.29 is 4.74 Å². The number of alkyl halides is 1. The van der Waals surface area contributed by atoms with Gasteiger partial charge in [-0.05, 0) is 31.5 Å². The molecular weight excluding hydrogens is 312 g/mol. The van der Waals surface area contributed by atoms with E-state index in [9.17, 15) is 0 Å².